The van der Waals surface area contributed by atoms with E-state index in [-0.39, 0.29) is 18.4 Å². The third kappa shape index (κ3) is 3.81. The highest BCUT2D eigenvalue weighted by Crippen LogP contribution is 2.37. The summed E-state index contributed by atoms with van der Waals surface area (Å²) in [6, 6.07) is 14.4. The first kappa shape index (κ1) is 19.8. The van der Waals surface area contributed by atoms with Gasteiger partial charge in [-0.25, -0.2) is 8.78 Å². The monoisotopic (exact) mass is 406 g/mol. The summed E-state index contributed by atoms with van der Waals surface area (Å²) < 4.78 is 27.7. The number of nitrogens with one attached hydrogen (secondary N) is 1. The van der Waals surface area contributed by atoms with Crippen LogP contribution >= 0.6 is 0 Å². The van der Waals surface area contributed by atoms with Crippen LogP contribution in [0.2, 0.25) is 0 Å². The first-order valence-corrected chi connectivity index (χ1v) is 9.56. The van der Waals surface area contributed by atoms with E-state index in [1.54, 1.807) is 24.3 Å². The van der Waals surface area contributed by atoms with E-state index >= 15 is 0 Å². The number of hydrogen-bond acceptors (Lipinski definition) is 2. The number of anilines is 1. The van der Waals surface area contributed by atoms with Gasteiger partial charge in [0.2, 0.25) is 5.91 Å². The molecule has 0 bridgehead atoms. The highest BCUT2D eigenvalue weighted by molar-refractivity contribution is 6.01. The summed E-state index contributed by atoms with van der Waals surface area (Å²) >= 11 is 0. The summed E-state index contributed by atoms with van der Waals surface area (Å²) in [5.41, 5.74) is 3.71. The molecule has 6 heteroatoms. The molecular formula is C24H20F2N2O2. The van der Waals surface area contributed by atoms with Gasteiger partial charge in [0.15, 0.2) is 0 Å². The van der Waals surface area contributed by atoms with Gasteiger partial charge in [-0.3, -0.25) is 9.59 Å². The number of carbonyl (C=O) groups is 2. The van der Waals surface area contributed by atoms with Gasteiger partial charge in [0.1, 0.15) is 18.2 Å². The predicted molar refractivity (Wildman–Crippen MR) is 110 cm³/mol. The van der Waals surface area contributed by atoms with Gasteiger partial charge in [-0.2, -0.15) is 0 Å². The smallest absolute Gasteiger partial charge is 0.255 e. The number of nitrogens with zero attached hydrogens (tertiary/aromatic N) is 1. The van der Waals surface area contributed by atoms with Crippen molar-refractivity contribution in [2.75, 3.05) is 11.9 Å². The molecule has 0 aromatic heterocycles. The number of benzene rings is 3. The zero-order chi connectivity index (χ0) is 21.4. The van der Waals surface area contributed by atoms with Crippen LogP contribution in [0.3, 0.4) is 0 Å². The Kier molecular flexibility index (Phi) is 5.08. The molecule has 30 heavy (non-hydrogen) atoms. The third-order valence-corrected chi connectivity index (χ3v) is 5.12. The second kappa shape index (κ2) is 7.71. The van der Waals surface area contributed by atoms with Crippen LogP contribution in [-0.4, -0.2) is 23.3 Å². The Balaban J connectivity index is 1.90. The van der Waals surface area contributed by atoms with E-state index in [4.69, 9.17) is 0 Å². The minimum absolute atomic E-state index is 0.218. The number of hydrogen-bond donors (Lipinski definition) is 1. The van der Waals surface area contributed by atoms with Crippen molar-refractivity contribution in [1.82, 2.24) is 4.90 Å². The van der Waals surface area contributed by atoms with E-state index in [1.165, 1.54) is 35.2 Å². The van der Waals surface area contributed by atoms with Gasteiger partial charge in [-0.05, 0) is 61.9 Å². The molecule has 0 aliphatic carbocycles. The minimum Gasteiger partial charge on any atom is -0.324 e. The summed E-state index contributed by atoms with van der Waals surface area (Å²) in [5.74, 6) is -1.65. The van der Waals surface area contributed by atoms with Crippen molar-refractivity contribution in [3.05, 3.63) is 100 Å². The third-order valence-electron chi connectivity index (χ3n) is 5.12. The summed E-state index contributed by atoms with van der Waals surface area (Å²) in [6.45, 7) is 3.56. The Morgan fingerprint density at radius 1 is 0.933 bits per heavy atom. The summed E-state index contributed by atoms with van der Waals surface area (Å²) in [6.07, 6.45) is 0. The van der Waals surface area contributed by atoms with E-state index in [0.717, 1.165) is 11.1 Å². The first-order chi connectivity index (χ1) is 14.3. The molecule has 152 valence electrons. The summed E-state index contributed by atoms with van der Waals surface area (Å²) in [4.78, 5) is 27.5. The number of fused-ring (bicyclic) bond motifs is 1. The van der Waals surface area contributed by atoms with Crippen molar-refractivity contribution in [2.24, 2.45) is 0 Å². The SMILES string of the molecule is Cc1cc(C)cc(C(=O)N2CC(=O)Nc3ccc(F)cc3[C@@H]2c2ccc(F)cc2)c1. The number of amides is 2. The quantitative estimate of drug-likeness (QED) is 0.667. The molecule has 3 aromatic carbocycles. The molecular weight excluding hydrogens is 386 g/mol. The number of carbonyl (C=O) groups excluding carboxylic acids is 2. The van der Waals surface area contributed by atoms with Crippen LogP contribution in [0.1, 0.15) is 38.7 Å². The van der Waals surface area contributed by atoms with Crippen molar-refractivity contribution in [3.63, 3.8) is 0 Å². The fraction of sp³-hybridized carbons (Fsp3) is 0.167. The Morgan fingerprint density at radius 3 is 2.23 bits per heavy atom. The lowest BCUT2D eigenvalue weighted by atomic mass is 9.94. The standard InChI is InChI=1S/C24H20F2N2O2/c1-14-9-15(2)11-17(10-14)24(30)28-13-22(29)27-21-8-7-19(26)12-20(21)23(28)16-3-5-18(25)6-4-16/h3-12,23H,13H2,1-2H3,(H,27,29)/t23-/m0/s1. The molecule has 1 heterocycles. The van der Waals surface area contributed by atoms with Crippen LogP contribution in [0, 0.1) is 25.5 Å². The Hall–Kier alpha value is -3.54. The van der Waals surface area contributed by atoms with Gasteiger partial charge in [-0.15, -0.1) is 0 Å². The lowest BCUT2D eigenvalue weighted by Crippen LogP contribution is -2.39. The Morgan fingerprint density at radius 2 is 1.57 bits per heavy atom. The Labute approximate surface area is 173 Å². The molecule has 0 unspecified atom stereocenters. The maximum atomic E-state index is 14.2. The molecule has 4 rings (SSSR count). The molecule has 3 aromatic rings. The lowest BCUT2D eigenvalue weighted by Gasteiger charge is -2.31. The largest absolute Gasteiger partial charge is 0.324 e. The molecule has 1 N–H and O–H groups in total. The zero-order valence-corrected chi connectivity index (χ0v) is 16.6. The minimum atomic E-state index is -0.761. The topological polar surface area (TPSA) is 49.4 Å². The van der Waals surface area contributed by atoms with Gasteiger partial charge >= 0.3 is 0 Å². The van der Waals surface area contributed by atoms with Gasteiger partial charge in [0, 0.05) is 16.8 Å². The van der Waals surface area contributed by atoms with Crippen LogP contribution in [0.5, 0.6) is 0 Å². The lowest BCUT2D eigenvalue weighted by molar-refractivity contribution is -0.117. The Bertz CT molecular complexity index is 1120. The van der Waals surface area contributed by atoms with E-state index < -0.39 is 17.7 Å². The molecule has 1 aliphatic heterocycles. The van der Waals surface area contributed by atoms with Gasteiger partial charge < -0.3 is 10.2 Å². The normalized spacial score (nSPS) is 15.9. The molecule has 4 nitrogen and oxygen atoms in total. The highest BCUT2D eigenvalue weighted by Gasteiger charge is 2.34. The molecule has 0 spiro atoms. The first-order valence-electron chi connectivity index (χ1n) is 9.56. The maximum Gasteiger partial charge on any atom is 0.255 e. The molecule has 0 saturated heterocycles. The highest BCUT2D eigenvalue weighted by atomic mass is 19.1. The average molecular weight is 406 g/mol. The molecule has 0 fully saturated rings. The predicted octanol–water partition coefficient (Wildman–Crippen LogP) is 4.77. The second-order valence-corrected chi connectivity index (χ2v) is 7.54. The van der Waals surface area contributed by atoms with E-state index in [9.17, 15) is 18.4 Å². The van der Waals surface area contributed by atoms with Crippen LogP contribution in [0.15, 0.2) is 60.7 Å². The fourth-order valence-corrected chi connectivity index (χ4v) is 3.93. The van der Waals surface area contributed by atoms with Gasteiger partial charge in [0.05, 0.1) is 6.04 Å². The van der Waals surface area contributed by atoms with Gasteiger partial charge in [0.25, 0.3) is 5.91 Å². The molecule has 0 saturated carbocycles. The number of halogens is 2. The summed E-state index contributed by atoms with van der Waals surface area (Å²) in [7, 11) is 0. The zero-order valence-electron chi connectivity index (χ0n) is 16.6. The number of rotatable bonds is 2. The maximum absolute atomic E-state index is 14.2. The van der Waals surface area contributed by atoms with E-state index in [2.05, 4.69) is 5.32 Å². The van der Waals surface area contributed by atoms with Crippen LogP contribution in [-0.2, 0) is 4.79 Å². The summed E-state index contributed by atoms with van der Waals surface area (Å²) in [5, 5.41) is 2.75. The molecule has 2 amide bonds. The molecule has 0 radical (unpaired) electrons. The van der Waals surface area contributed by atoms with Crippen molar-refractivity contribution in [3.8, 4) is 0 Å². The van der Waals surface area contributed by atoms with Crippen LogP contribution in [0.25, 0.3) is 0 Å². The van der Waals surface area contributed by atoms with Crippen molar-refractivity contribution >= 4 is 17.5 Å². The van der Waals surface area contributed by atoms with Gasteiger partial charge in [-0.1, -0.05) is 29.3 Å². The van der Waals surface area contributed by atoms with Crippen LogP contribution < -0.4 is 5.32 Å². The van der Waals surface area contributed by atoms with E-state index in [1.807, 2.05) is 19.9 Å². The average Bonchev–Trinajstić information content (AvgIpc) is 2.83. The van der Waals surface area contributed by atoms with Crippen molar-refractivity contribution < 1.29 is 18.4 Å². The van der Waals surface area contributed by atoms with Crippen molar-refractivity contribution in [2.45, 2.75) is 19.9 Å². The molecule has 1 atom stereocenters. The fourth-order valence-electron chi connectivity index (χ4n) is 3.93. The van der Waals surface area contributed by atoms with E-state index in [0.29, 0.717) is 22.4 Å². The number of aryl methyl sites for hydroxylation is 2. The second-order valence-electron chi connectivity index (χ2n) is 7.54. The van der Waals surface area contributed by atoms with Crippen LogP contribution in [0.4, 0.5) is 14.5 Å². The molecule has 1 aliphatic rings. The van der Waals surface area contributed by atoms with Crippen molar-refractivity contribution in [1.29, 1.82) is 0 Å².